The summed E-state index contributed by atoms with van der Waals surface area (Å²) in [6.45, 7) is 24.6. The van der Waals surface area contributed by atoms with Crippen LogP contribution >= 0.6 is 0 Å². The second kappa shape index (κ2) is 12.1. The first-order chi connectivity index (χ1) is 19.7. The van der Waals surface area contributed by atoms with Gasteiger partial charge in [-0.15, -0.1) is 0 Å². The molecule has 210 valence electrons. The Morgan fingerprint density at radius 2 is 1.63 bits per heavy atom. The van der Waals surface area contributed by atoms with E-state index in [-0.39, 0.29) is 5.92 Å². The lowest BCUT2D eigenvalue weighted by atomic mass is 9.68. The number of benzene rings is 2. The highest BCUT2D eigenvalue weighted by atomic mass is 14.4. The molecule has 0 radical (unpaired) electrons. The molecule has 2 atom stereocenters. The van der Waals surface area contributed by atoms with E-state index in [9.17, 15) is 0 Å². The Hall–Kier alpha value is -3.64. The van der Waals surface area contributed by atoms with Crippen LogP contribution in [0.2, 0.25) is 0 Å². The third-order valence-electron chi connectivity index (χ3n) is 9.34. The molecule has 0 bridgehead atoms. The fourth-order valence-electron chi connectivity index (χ4n) is 7.18. The summed E-state index contributed by atoms with van der Waals surface area (Å²) in [5, 5.41) is 0. The zero-order valence-corrected chi connectivity index (χ0v) is 25.9. The first-order valence-electron chi connectivity index (χ1n) is 15.5. The lowest BCUT2D eigenvalue weighted by Crippen LogP contribution is -2.21. The molecule has 2 aromatic carbocycles. The van der Waals surface area contributed by atoms with E-state index >= 15 is 0 Å². The van der Waals surface area contributed by atoms with Crippen LogP contribution in [0, 0.1) is 5.92 Å². The average Bonchev–Trinajstić information content (AvgIpc) is 3.56. The standard InChI is InChI=1S/C41H46/c1-9-12-27(6)39-28(7)21-38-25-37(23-30-13-14-35(22-30)34-18-16-33(17-19-34)26(4)5)29(8)40(38)41(39)36-20-15-31(10-2)32(11-3)24-36/h13-21,23-24,40-41H,4,6,8-12,22,25H2,1-3,5,7H3. The number of hydrogen-bond donors (Lipinski definition) is 0. The summed E-state index contributed by atoms with van der Waals surface area (Å²) in [6.07, 6.45) is 15.7. The molecule has 0 saturated heterocycles. The van der Waals surface area contributed by atoms with Gasteiger partial charge in [0.25, 0.3) is 0 Å². The fraction of sp³-hybridized carbons (Fsp3) is 0.317. The molecule has 0 heterocycles. The van der Waals surface area contributed by atoms with Crippen LogP contribution in [-0.4, -0.2) is 0 Å². The van der Waals surface area contributed by atoms with Crippen molar-refractivity contribution in [3.63, 3.8) is 0 Å². The van der Waals surface area contributed by atoms with Crippen molar-refractivity contribution in [2.45, 2.75) is 79.1 Å². The van der Waals surface area contributed by atoms with Gasteiger partial charge >= 0.3 is 0 Å². The van der Waals surface area contributed by atoms with Crippen molar-refractivity contribution in [2.24, 2.45) is 5.92 Å². The van der Waals surface area contributed by atoms with E-state index in [1.807, 2.05) is 0 Å². The Labute approximate surface area is 249 Å². The maximum Gasteiger partial charge on any atom is 0.0201 e. The van der Waals surface area contributed by atoms with E-state index in [2.05, 4.69) is 115 Å². The van der Waals surface area contributed by atoms with Crippen molar-refractivity contribution >= 4 is 11.1 Å². The second-order valence-corrected chi connectivity index (χ2v) is 12.2. The van der Waals surface area contributed by atoms with Crippen LogP contribution in [0.3, 0.4) is 0 Å². The van der Waals surface area contributed by atoms with E-state index in [1.165, 1.54) is 72.4 Å². The third-order valence-corrected chi connectivity index (χ3v) is 9.34. The van der Waals surface area contributed by atoms with Crippen LogP contribution in [0.25, 0.3) is 11.1 Å². The molecule has 41 heavy (non-hydrogen) atoms. The third kappa shape index (κ3) is 5.62. The van der Waals surface area contributed by atoms with Crippen molar-refractivity contribution in [1.82, 2.24) is 0 Å². The van der Waals surface area contributed by atoms with Crippen LogP contribution in [0.15, 0.2) is 126 Å². The quantitative estimate of drug-likeness (QED) is 0.298. The molecule has 1 saturated carbocycles. The van der Waals surface area contributed by atoms with Gasteiger partial charge in [-0.3, -0.25) is 0 Å². The smallest absolute Gasteiger partial charge is 0.0201 e. The summed E-state index contributed by atoms with van der Waals surface area (Å²) in [5.41, 5.74) is 19.0. The number of hydrogen-bond acceptors (Lipinski definition) is 0. The molecule has 3 aliphatic rings. The minimum absolute atomic E-state index is 0.279. The predicted octanol–water partition coefficient (Wildman–Crippen LogP) is 11.5. The molecule has 0 aliphatic heterocycles. The Morgan fingerprint density at radius 3 is 2.29 bits per heavy atom. The van der Waals surface area contributed by atoms with Crippen molar-refractivity contribution in [3.05, 3.63) is 153 Å². The summed E-state index contributed by atoms with van der Waals surface area (Å²) >= 11 is 0. The second-order valence-electron chi connectivity index (χ2n) is 12.2. The van der Waals surface area contributed by atoms with Crippen LogP contribution < -0.4 is 0 Å². The summed E-state index contributed by atoms with van der Waals surface area (Å²) in [6, 6.07) is 16.1. The Bertz CT molecular complexity index is 1550. The molecular formula is C41H46. The van der Waals surface area contributed by atoms with Gasteiger partial charge in [-0.05, 0) is 107 Å². The van der Waals surface area contributed by atoms with Gasteiger partial charge in [0.05, 0.1) is 0 Å². The number of aryl methyl sites for hydroxylation is 2. The van der Waals surface area contributed by atoms with Crippen LogP contribution in [0.1, 0.15) is 94.0 Å². The molecule has 2 aromatic rings. The van der Waals surface area contributed by atoms with Gasteiger partial charge in [0.15, 0.2) is 0 Å². The van der Waals surface area contributed by atoms with E-state index in [0.29, 0.717) is 5.92 Å². The molecule has 0 heteroatoms. The van der Waals surface area contributed by atoms with Crippen molar-refractivity contribution < 1.29 is 0 Å². The summed E-state index contributed by atoms with van der Waals surface area (Å²) in [7, 11) is 0. The highest BCUT2D eigenvalue weighted by Crippen LogP contribution is 2.55. The zero-order valence-electron chi connectivity index (χ0n) is 25.9. The summed E-state index contributed by atoms with van der Waals surface area (Å²) in [5.74, 6) is 0.580. The first-order valence-corrected chi connectivity index (χ1v) is 15.5. The van der Waals surface area contributed by atoms with E-state index in [1.54, 1.807) is 0 Å². The van der Waals surface area contributed by atoms with Crippen LogP contribution in [0.4, 0.5) is 0 Å². The number of allylic oxidation sites excluding steroid dienone is 13. The molecule has 0 N–H and O–H groups in total. The Morgan fingerprint density at radius 1 is 0.902 bits per heavy atom. The van der Waals surface area contributed by atoms with Crippen LogP contribution in [0.5, 0.6) is 0 Å². The minimum Gasteiger partial charge on any atom is -0.0955 e. The minimum atomic E-state index is 0.279. The lowest BCUT2D eigenvalue weighted by molar-refractivity contribution is 0.618. The van der Waals surface area contributed by atoms with Crippen molar-refractivity contribution in [1.29, 1.82) is 0 Å². The maximum atomic E-state index is 4.77. The summed E-state index contributed by atoms with van der Waals surface area (Å²) in [4.78, 5) is 0. The zero-order chi connectivity index (χ0) is 29.3. The van der Waals surface area contributed by atoms with Gasteiger partial charge in [0.2, 0.25) is 0 Å². The van der Waals surface area contributed by atoms with Gasteiger partial charge in [0, 0.05) is 11.8 Å². The van der Waals surface area contributed by atoms with Gasteiger partial charge in [-0.2, -0.15) is 0 Å². The molecule has 3 aliphatic carbocycles. The molecule has 0 amide bonds. The maximum absolute atomic E-state index is 4.77. The van der Waals surface area contributed by atoms with Gasteiger partial charge in [-0.25, -0.2) is 0 Å². The van der Waals surface area contributed by atoms with Crippen molar-refractivity contribution in [2.75, 3.05) is 0 Å². The van der Waals surface area contributed by atoms with Gasteiger partial charge in [-0.1, -0.05) is 130 Å². The first kappa shape index (κ1) is 28.9. The Kier molecular flexibility index (Phi) is 8.50. The molecule has 1 fully saturated rings. The van der Waals surface area contributed by atoms with Gasteiger partial charge in [0.1, 0.15) is 0 Å². The highest BCUT2D eigenvalue weighted by Gasteiger charge is 2.41. The summed E-state index contributed by atoms with van der Waals surface area (Å²) < 4.78 is 0. The molecule has 0 aromatic heterocycles. The lowest BCUT2D eigenvalue weighted by Gasteiger charge is -2.35. The van der Waals surface area contributed by atoms with Crippen molar-refractivity contribution in [3.8, 4) is 0 Å². The monoisotopic (exact) mass is 538 g/mol. The normalized spacial score (nSPS) is 21.1. The fourth-order valence-corrected chi connectivity index (χ4v) is 7.18. The highest BCUT2D eigenvalue weighted by molar-refractivity contribution is 5.75. The van der Waals surface area contributed by atoms with E-state index in [0.717, 1.165) is 44.1 Å². The molecule has 0 nitrogen and oxygen atoms in total. The van der Waals surface area contributed by atoms with E-state index < -0.39 is 0 Å². The molecular weight excluding hydrogens is 492 g/mol. The van der Waals surface area contributed by atoms with Gasteiger partial charge < -0.3 is 0 Å². The predicted molar refractivity (Wildman–Crippen MR) is 180 cm³/mol. The number of rotatable bonds is 9. The number of fused-ring (bicyclic) bond motifs is 1. The molecule has 5 rings (SSSR count). The topological polar surface area (TPSA) is 0 Å². The van der Waals surface area contributed by atoms with E-state index in [4.69, 9.17) is 6.58 Å². The molecule has 0 spiro atoms. The SMILES string of the molecule is C=C(CCC)C1=C(C)C=C2CC(=CC3=CC=C(c4ccc(C(=C)C)cc4)C3)C(=C)C2C1c1ccc(CC)c(CC)c1. The van der Waals surface area contributed by atoms with Crippen LogP contribution in [-0.2, 0) is 12.8 Å². The largest absolute Gasteiger partial charge is 0.0955 e. The molecule has 2 unspecified atom stereocenters. The average molecular weight is 539 g/mol. The Balaban J connectivity index is 1.45.